The van der Waals surface area contributed by atoms with Crippen LogP contribution in [0.15, 0.2) is 18.2 Å². The van der Waals surface area contributed by atoms with Gasteiger partial charge in [0.2, 0.25) is 0 Å². The van der Waals surface area contributed by atoms with Gasteiger partial charge >= 0.3 is 5.97 Å². The molecule has 0 aromatic heterocycles. The highest BCUT2D eigenvalue weighted by molar-refractivity contribution is 5.89. The smallest absolute Gasteiger partial charge is 0.338 e. The van der Waals surface area contributed by atoms with E-state index >= 15 is 0 Å². The number of β-amino-alcohol motifs (C(OH)–C–C–N with tert-alkyl or cyclic N) is 1. The molecule has 1 N–H and O–H groups in total. The second kappa shape index (κ2) is 6.36. The fourth-order valence-corrected chi connectivity index (χ4v) is 3.55. The van der Waals surface area contributed by atoms with Crippen LogP contribution in [0.5, 0.6) is 0 Å². The predicted octanol–water partition coefficient (Wildman–Crippen LogP) is 1.42. The number of rotatable bonds is 3. The summed E-state index contributed by atoms with van der Waals surface area (Å²) in [7, 11) is 2.04. The maximum absolute atomic E-state index is 11.8. The molecule has 2 atom stereocenters. The molecule has 5 heteroatoms. The number of aryl methyl sites for hydroxylation is 1. The molecular weight excluding hydrogens is 280 g/mol. The van der Waals surface area contributed by atoms with Crippen molar-refractivity contribution < 1.29 is 14.6 Å². The largest absolute Gasteiger partial charge is 0.462 e. The topological polar surface area (TPSA) is 53.0 Å². The Balaban J connectivity index is 1.79. The van der Waals surface area contributed by atoms with Gasteiger partial charge in [-0.15, -0.1) is 0 Å². The monoisotopic (exact) mass is 304 g/mol. The summed E-state index contributed by atoms with van der Waals surface area (Å²) in [6.45, 7) is 4.75. The number of benzene rings is 1. The fraction of sp³-hybridized carbons (Fsp3) is 0.588. The van der Waals surface area contributed by atoms with Crippen molar-refractivity contribution in [2.24, 2.45) is 0 Å². The van der Waals surface area contributed by atoms with Gasteiger partial charge in [-0.05, 0) is 50.1 Å². The van der Waals surface area contributed by atoms with Crippen LogP contribution in [0.3, 0.4) is 0 Å². The number of esters is 1. The molecule has 0 saturated carbocycles. The van der Waals surface area contributed by atoms with E-state index in [0.717, 1.165) is 25.9 Å². The summed E-state index contributed by atoms with van der Waals surface area (Å²) in [6.07, 6.45) is 1.54. The molecule has 2 aliphatic rings. The van der Waals surface area contributed by atoms with Crippen LogP contribution in [-0.4, -0.2) is 60.4 Å². The maximum atomic E-state index is 11.8. The van der Waals surface area contributed by atoms with E-state index in [1.165, 1.54) is 11.1 Å². The van der Waals surface area contributed by atoms with Gasteiger partial charge in [-0.3, -0.25) is 4.90 Å². The Morgan fingerprint density at radius 1 is 1.41 bits per heavy atom. The number of carbonyl (C=O) groups is 1. The predicted molar refractivity (Wildman–Crippen MR) is 83.7 cm³/mol. The number of aliphatic hydroxyl groups is 1. The summed E-state index contributed by atoms with van der Waals surface area (Å²) in [5.41, 5.74) is 3.08. The van der Waals surface area contributed by atoms with Gasteiger partial charge in [0, 0.05) is 25.7 Å². The van der Waals surface area contributed by atoms with Crippen molar-refractivity contribution >= 4 is 5.97 Å². The highest BCUT2D eigenvalue weighted by Gasteiger charge is 2.34. The lowest BCUT2D eigenvalue weighted by molar-refractivity contribution is -0.0727. The molecule has 0 spiro atoms. The molecule has 1 aromatic rings. The maximum Gasteiger partial charge on any atom is 0.338 e. The highest BCUT2D eigenvalue weighted by atomic mass is 16.5. The van der Waals surface area contributed by atoms with Gasteiger partial charge in [0.1, 0.15) is 6.23 Å². The van der Waals surface area contributed by atoms with Crippen LogP contribution < -0.4 is 0 Å². The summed E-state index contributed by atoms with van der Waals surface area (Å²) in [5.74, 6) is -0.256. The van der Waals surface area contributed by atoms with Crippen molar-refractivity contribution in [2.75, 3.05) is 33.3 Å². The Morgan fingerprint density at radius 2 is 2.23 bits per heavy atom. The molecular formula is C17H24N2O3. The SMILES string of the molecule is CCOC(=O)c1ccc2c(c1)CCC2N1CCN(C)CC1O. The normalized spacial score (nSPS) is 26.0. The summed E-state index contributed by atoms with van der Waals surface area (Å²) < 4.78 is 5.06. The Morgan fingerprint density at radius 3 is 2.95 bits per heavy atom. The van der Waals surface area contributed by atoms with Crippen LogP contribution in [0, 0.1) is 0 Å². The molecule has 0 amide bonds. The average Bonchev–Trinajstić information content (AvgIpc) is 2.90. The molecule has 0 bridgehead atoms. The Kier molecular flexibility index (Phi) is 4.47. The van der Waals surface area contributed by atoms with Crippen LogP contribution in [0.2, 0.25) is 0 Å². The molecule has 5 nitrogen and oxygen atoms in total. The third kappa shape index (κ3) is 2.89. The molecule has 1 aromatic carbocycles. The lowest BCUT2D eigenvalue weighted by Gasteiger charge is -2.40. The number of likely N-dealkylation sites (N-methyl/N-ethyl adjacent to an activating group) is 1. The number of hydrogen-bond acceptors (Lipinski definition) is 5. The Hall–Kier alpha value is -1.43. The Labute approximate surface area is 131 Å². The van der Waals surface area contributed by atoms with Gasteiger partial charge in [0.15, 0.2) is 0 Å². The summed E-state index contributed by atoms with van der Waals surface area (Å²) in [4.78, 5) is 16.2. The number of aliphatic hydroxyl groups excluding tert-OH is 1. The number of fused-ring (bicyclic) bond motifs is 1. The van der Waals surface area contributed by atoms with Gasteiger partial charge in [0.05, 0.1) is 12.2 Å². The van der Waals surface area contributed by atoms with Gasteiger partial charge in [-0.25, -0.2) is 4.79 Å². The van der Waals surface area contributed by atoms with E-state index in [2.05, 4.69) is 9.80 Å². The second-order valence-electron chi connectivity index (χ2n) is 6.17. The van der Waals surface area contributed by atoms with E-state index in [9.17, 15) is 9.90 Å². The Bertz CT molecular complexity index is 561. The molecule has 22 heavy (non-hydrogen) atoms. The highest BCUT2D eigenvalue weighted by Crippen LogP contribution is 2.37. The zero-order valence-electron chi connectivity index (χ0n) is 13.3. The van der Waals surface area contributed by atoms with Crippen molar-refractivity contribution in [3.8, 4) is 0 Å². The summed E-state index contributed by atoms with van der Waals surface area (Å²) in [6, 6.07) is 6.09. The summed E-state index contributed by atoms with van der Waals surface area (Å²) in [5, 5.41) is 10.3. The molecule has 1 fully saturated rings. The van der Waals surface area contributed by atoms with Crippen molar-refractivity contribution in [2.45, 2.75) is 32.0 Å². The van der Waals surface area contributed by atoms with Gasteiger partial charge in [-0.1, -0.05) is 6.07 Å². The zero-order valence-corrected chi connectivity index (χ0v) is 13.3. The first-order valence-corrected chi connectivity index (χ1v) is 8.02. The second-order valence-corrected chi connectivity index (χ2v) is 6.17. The standard InChI is InChI=1S/C17H24N2O3/c1-3-22-17(21)13-4-6-14-12(10-13)5-7-15(14)19-9-8-18(2)11-16(19)20/h4,6,10,15-16,20H,3,5,7-9,11H2,1-2H3. The molecule has 1 saturated heterocycles. The van der Waals surface area contributed by atoms with E-state index in [4.69, 9.17) is 4.74 Å². The number of ether oxygens (including phenoxy) is 1. The van der Waals surface area contributed by atoms with Gasteiger partial charge < -0.3 is 14.7 Å². The quantitative estimate of drug-likeness (QED) is 0.856. The summed E-state index contributed by atoms with van der Waals surface area (Å²) >= 11 is 0. The first kappa shape index (κ1) is 15.5. The van der Waals surface area contributed by atoms with Crippen molar-refractivity contribution in [1.82, 2.24) is 9.80 Å². The average molecular weight is 304 g/mol. The van der Waals surface area contributed by atoms with E-state index in [1.807, 2.05) is 32.2 Å². The fourth-order valence-electron chi connectivity index (χ4n) is 3.55. The molecule has 1 aliphatic carbocycles. The molecule has 0 radical (unpaired) electrons. The van der Waals surface area contributed by atoms with Gasteiger partial charge in [0.25, 0.3) is 0 Å². The number of hydrogen-bond donors (Lipinski definition) is 1. The number of nitrogens with zero attached hydrogens (tertiary/aromatic N) is 2. The zero-order chi connectivity index (χ0) is 15.7. The van der Waals surface area contributed by atoms with E-state index < -0.39 is 6.23 Å². The minimum atomic E-state index is -0.417. The molecule has 3 rings (SSSR count). The molecule has 1 heterocycles. The lowest BCUT2D eigenvalue weighted by Crippen LogP contribution is -2.52. The molecule has 2 unspecified atom stereocenters. The van der Waals surface area contributed by atoms with Crippen LogP contribution in [-0.2, 0) is 11.2 Å². The molecule has 120 valence electrons. The van der Waals surface area contributed by atoms with Crippen molar-refractivity contribution in [3.05, 3.63) is 34.9 Å². The third-order valence-electron chi connectivity index (χ3n) is 4.70. The van der Waals surface area contributed by atoms with E-state index in [-0.39, 0.29) is 12.0 Å². The van der Waals surface area contributed by atoms with Crippen molar-refractivity contribution in [3.63, 3.8) is 0 Å². The first-order chi connectivity index (χ1) is 10.6. The van der Waals surface area contributed by atoms with Crippen LogP contribution in [0.4, 0.5) is 0 Å². The van der Waals surface area contributed by atoms with E-state index in [1.54, 1.807) is 0 Å². The number of piperazine rings is 1. The van der Waals surface area contributed by atoms with Crippen molar-refractivity contribution in [1.29, 1.82) is 0 Å². The van der Waals surface area contributed by atoms with Crippen LogP contribution >= 0.6 is 0 Å². The minimum Gasteiger partial charge on any atom is -0.462 e. The third-order valence-corrected chi connectivity index (χ3v) is 4.70. The molecule has 1 aliphatic heterocycles. The first-order valence-electron chi connectivity index (χ1n) is 8.02. The van der Waals surface area contributed by atoms with Crippen LogP contribution in [0.25, 0.3) is 0 Å². The van der Waals surface area contributed by atoms with E-state index in [0.29, 0.717) is 18.7 Å². The van der Waals surface area contributed by atoms with Gasteiger partial charge in [-0.2, -0.15) is 0 Å². The number of carbonyl (C=O) groups excluding carboxylic acids is 1. The lowest BCUT2D eigenvalue weighted by atomic mass is 10.0. The minimum absolute atomic E-state index is 0.256. The van der Waals surface area contributed by atoms with Crippen LogP contribution in [0.1, 0.15) is 40.9 Å².